The lowest BCUT2D eigenvalue weighted by atomic mass is 9.99. The maximum Gasteiger partial charge on any atom is 0.283 e. The average molecular weight is 410 g/mol. The van der Waals surface area contributed by atoms with Crippen LogP contribution in [0.5, 0.6) is 0 Å². The van der Waals surface area contributed by atoms with E-state index in [0.717, 1.165) is 27.1 Å². The topological polar surface area (TPSA) is 78.4 Å². The van der Waals surface area contributed by atoms with E-state index < -0.39 is 11.0 Å². The van der Waals surface area contributed by atoms with Gasteiger partial charge in [0, 0.05) is 4.90 Å². The molecule has 0 aromatic heterocycles. The molecular formula is C25H18N2O4. The van der Waals surface area contributed by atoms with Crippen LogP contribution >= 0.6 is 0 Å². The van der Waals surface area contributed by atoms with E-state index in [4.69, 9.17) is 4.84 Å². The molecule has 152 valence electrons. The summed E-state index contributed by atoms with van der Waals surface area (Å²) in [6.45, 7) is 0. The Morgan fingerprint density at radius 3 is 2.19 bits per heavy atom. The van der Waals surface area contributed by atoms with Crippen molar-refractivity contribution in [3.8, 4) is 0 Å². The monoisotopic (exact) mass is 410 g/mol. The van der Waals surface area contributed by atoms with E-state index in [1.807, 2.05) is 72.8 Å². The molecule has 31 heavy (non-hydrogen) atoms. The Labute approximate surface area is 178 Å². The molecule has 0 saturated heterocycles. The molecule has 1 unspecified atom stereocenters. The van der Waals surface area contributed by atoms with Gasteiger partial charge in [-0.2, -0.15) is 0 Å². The van der Waals surface area contributed by atoms with Gasteiger partial charge in [0.15, 0.2) is 0 Å². The second kappa shape index (κ2) is 7.57. The summed E-state index contributed by atoms with van der Waals surface area (Å²) >= 11 is 0. The van der Waals surface area contributed by atoms with Crippen LogP contribution < -0.4 is 0 Å². The van der Waals surface area contributed by atoms with E-state index >= 15 is 0 Å². The van der Waals surface area contributed by atoms with Gasteiger partial charge in [-0.25, -0.2) is 0 Å². The van der Waals surface area contributed by atoms with Crippen LogP contribution in [-0.2, 0) is 4.84 Å². The SMILES string of the molecule is O=[N+]([O-])/C(=C/C1=[N+]([O-])OC(c2ccc3ccccc3c2)C1)c1ccc2ccccc2c1. The maximum absolute atomic E-state index is 12.4. The molecule has 0 spiro atoms. The first-order chi connectivity index (χ1) is 15.1. The average Bonchev–Trinajstić information content (AvgIpc) is 3.17. The van der Waals surface area contributed by atoms with Gasteiger partial charge in [0.2, 0.25) is 0 Å². The molecule has 6 heteroatoms. The highest BCUT2D eigenvalue weighted by molar-refractivity contribution is 5.98. The third kappa shape index (κ3) is 3.59. The molecule has 0 aliphatic carbocycles. The molecule has 0 amide bonds. The molecule has 0 bridgehead atoms. The molecule has 5 rings (SSSR count). The van der Waals surface area contributed by atoms with Crippen molar-refractivity contribution in [3.63, 3.8) is 0 Å². The number of nitrogens with zero attached hydrogens (tertiary/aromatic N) is 2. The van der Waals surface area contributed by atoms with Crippen molar-refractivity contribution in [1.82, 2.24) is 0 Å². The first-order valence-corrected chi connectivity index (χ1v) is 9.92. The normalized spacial score (nSPS) is 16.6. The van der Waals surface area contributed by atoms with E-state index in [9.17, 15) is 15.3 Å². The number of fused-ring (bicyclic) bond motifs is 2. The van der Waals surface area contributed by atoms with Gasteiger partial charge in [0.1, 0.15) is 6.10 Å². The molecular weight excluding hydrogens is 392 g/mol. The number of benzene rings is 4. The van der Waals surface area contributed by atoms with Crippen LogP contribution in [0.2, 0.25) is 0 Å². The summed E-state index contributed by atoms with van der Waals surface area (Å²) in [6.07, 6.45) is 1.09. The molecule has 0 N–H and O–H groups in total. The van der Waals surface area contributed by atoms with E-state index in [2.05, 4.69) is 0 Å². The number of hydrogen-bond donors (Lipinski definition) is 0. The standard InChI is InChI=1S/C25H18N2O4/c28-26(29)24(21-11-9-17-5-1-3-7-19(17)13-21)15-23-16-25(31-27(23)30)22-12-10-18-6-2-4-8-20(18)14-22/h1-15,25H,16H2/b24-15+. The van der Waals surface area contributed by atoms with Gasteiger partial charge < -0.3 is 4.84 Å². The number of rotatable bonds is 4. The van der Waals surface area contributed by atoms with Gasteiger partial charge in [-0.3, -0.25) is 15.3 Å². The zero-order chi connectivity index (χ0) is 21.4. The summed E-state index contributed by atoms with van der Waals surface area (Å²) in [6, 6.07) is 26.8. The van der Waals surface area contributed by atoms with Crippen LogP contribution in [0.4, 0.5) is 0 Å². The van der Waals surface area contributed by atoms with Crippen LogP contribution in [0.15, 0.2) is 91.0 Å². The third-order valence-corrected chi connectivity index (χ3v) is 5.54. The van der Waals surface area contributed by atoms with E-state index in [0.29, 0.717) is 10.5 Å². The van der Waals surface area contributed by atoms with Crippen molar-refractivity contribution in [2.24, 2.45) is 0 Å². The van der Waals surface area contributed by atoms with Gasteiger partial charge in [0.25, 0.3) is 11.4 Å². The molecule has 4 aromatic carbocycles. The third-order valence-electron chi connectivity index (χ3n) is 5.54. The van der Waals surface area contributed by atoms with Crippen LogP contribution in [0, 0.1) is 15.3 Å². The first kappa shape index (κ1) is 18.8. The zero-order valence-corrected chi connectivity index (χ0v) is 16.5. The quantitative estimate of drug-likeness (QED) is 0.248. The molecule has 1 aliphatic heterocycles. The summed E-state index contributed by atoms with van der Waals surface area (Å²) in [5, 5.41) is 28.2. The predicted molar refractivity (Wildman–Crippen MR) is 120 cm³/mol. The smallest absolute Gasteiger partial charge is 0.283 e. The minimum absolute atomic E-state index is 0.135. The van der Waals surface area contributed by atoms with Crippen LogP contribution in [0.1, 0.15) is 23.7 Å². The minimum Gasteiger partial charge on any atom is -0.394 e. The van der Waals surface area contributed by atoms with Gasteiger partial charge in [-0.15, -0.1) is 0 Å². The Balaban J connectivity index is 1.47. The van der Waals surface area contributed by atoms with E-state index in [1.54, 1.807) is 12.1 Å². The van der Waals surface area contributed by atoms with Gasteiger partial charge >= 0.3 is 0 Å². The van der Waals surface area contributed by atoms with Crippen molar-refractivity contribution in [2.75, 3.05) is 0 Å². The molecule has 0 fully saturated rings. The van der Waals surface area contributed by atoms with Gasteiger partial charge in [0.05, 0.1) is 23.0 Å². The fourth-order valence-corrected chi connectivity index (χ4v) is 3.93. The number of allylic oxidation sites excluding steroid dienone is 1. The Kier molecular flexibility index (Phi) is 4.59. The van der Waals surface area contributed by atoms with E-state index in [-0.39, 0.29) is 17.8 Å². The second-order valence-electron chi connectivity index (χ2n) is 7.50. The predicted octanol–water partition coefficient (Wildman–Crippen LogP) is 5.64. The Morgan fingerprint density at radius 2 is 1.52 bits per heavy atom. The first-order valence-electron chi connectivity index (χ1n) is 9.92. The molecule has 1 atom stereocenters. The highest BCUT2D eigenvalue weighted by Gasteiger charge is 2.30. The fraction of sp³-hybridized carbons (Fsp3) is 0.0800. The lowest BCUT2D eigenvalue weighted by Crippen LogP contribution is -2.07. The fourth-order valence-electron chi connectivity index (χ4n) is 3.93. The largest absolute Gasteiger partial charge is 0.394 e. The Hall–Kier alpha value is -4.19. The summed E-state index contributed by atoms with van der Waals surface area (Å²) in [5.74, 6) is 0. The van der Waals surface area contributed by atoms with Crippen molar-refractivity contribution in [1.29, 1.82) is 0 Å². The summed E-state index contributed by atoms with van der Waals surface area (Å²) < 4.78 is 0. The summed E-state index contributed by atoms with van der Waals surface area (Å²) in [4.78, 5) is 17.2. The van der Waals surface area contributed by atoms with Crippen molar-refractivity contribution >= 4 is 33.0 Å². The maximum atomic E-state index is 12.4. The van der Waals surface area contributed by atoms with Crippen molar-refractivity contribution in [3.05, 3.63) is 117 Å². The van der Waals surface area contributed by atoms with E-state index in [1.165, 1.54) is 6.08 Å². The number of hydrogen-bond acceptors (Lipinski definition) is 4. The highest BCUT2D eigenvalue weighted by Crippen LogP contribution is 2.31. The minimum atomic E-state index is -0.488. The Morgan fingerprint density at radius 1 is 0.903 bits per heavy atom. The second-order valence-corrected chi connectivity index (χ2v) is 7.50. The summed E-state index contributed by atoms with van der Waals surface area (Å²) in [7, 11) is 0. The molecule has 1 aliphatic rings. The Bertz CT molecular complexity index is 1390. The van der Waals surface area contributed by atoms with Crippen molar-refractivity contribution in [2.45, 2.75) is 12.5 Å². The molecule has 1 heterocycles. The van der Waals surface area contributed by atoms with Crippen LogP contribution in [0.3, 0.4) is 0 Å². The lowest BCUT2D eigenvalue weighted by molar-refractivity contribution is -0.742. The lowest BCUT2D eigenvalue weighted by Gasteiger charge is -2.12. The van der Waals surface area contributed by atoms with Gasteiger partial charge in [-0.1, -0.05) is 66.7 Å². The van der Waals surface area contributed by atoms with Crippen LogP contribution in [-0.4, -0.2) is 15.5 Å². The molecule has 4 aromatic rings. The molecule has 0 saturated carbocycles. The highest BCUT2D eigenvalue weighted by atomic mass is 16.9. The van der Waals surface area contributed by atoms with Gasteiger partial charge in [-0.05, 0) is 45.3 Å². The van der Waals surface area contributed by atoms with Crippen LogP contribution in [0.25, 0.3) is 27.2 Å². The molecule has 6 nitrogen and oxygen atoms in total. The number of nitro groups is 1. The molecule has 0 radical (unpaired) electrons. The van der Waals surface area contributed by atoms with Crippen molar-refractivity contribution < 1.29 is 14.7 Å². The summed E-state index contributed by atoms with van der Waals surface area (Å²) in [5.41, 5.74) is 1.39. The zero-order valence-electron chi connectivity index (χ0n) is 16.5.